The molecule has 1 aliphatic heterocycles. The molecule has 0 radical (unpaired) electrons. The third kappa shape index (κ3) is 6.32. The lowest BCUT2D eigenvalue weighted by Crippen LogP contribution is -2.52. The summed E-state index contributed by atoms with van der Waals surface area (Å²) in [6.07, 6.45) is 16.1. The highest BCUT2D eigenvalue weighted by atomic mass is 16.6. The average molecular weight is 654 g/mol. The van der Waals surface area contributed by atoms with Crippen LogP contribution in [0.3, 0.4) is 0 Å². The number of pyridine rings is 1. The van der Waals surface area contributed by atoms with Crippen LogP contribution >= 0.6 is 0 Å². The number of aromatic nitrogens is 3. The van der Waals surface area contributed by atoms with E-state index < -0.39 is 0 Å². The van der Waals surface area contributed by atoms with Gasteiger partial charge < -0.3 is 14.4 Å². The third-order valence-corrected chi connectivity index (χ3v) is 12.1. The van der Waals surface area contributed by atoms with E-state index in [2.05, 4.69) is 56.3 Å². The molecule has 0 atom stereocenters. The minimum Gasteiger partial charge on any atom is -0.496 e. The first-order chi connectivity index (χ1) is 23.2. The van der Waals surface area contributed by atoms with Gasteiger partial charge in [0.05, 0.1) is 13.3 Å². The summed E-state index contributed by atoms with van der Waals surface area (Å²) in [5, 5.41) is 4.56. The zero-order chi connectivity index (χ0) is 33.5. The van der Waals surface area contributed by atoms with Gasteiger partial charge in [-0.25, -0.2) is 9.78 Å². The van der Waals surface area contributed by atoms with E-state index in [9.17, 15) is 9.59 Å². The minimum absolute atomic E-state index is 0.0725. The zero-order valence-corrected chi connectivity index (χ0v) is 29.1. The Balaban J connectivity index is 1.11. The predicted molar refractivity (Wildman–Crippen MR) is 186 cm³/mol. The highest BCUT2D eigenvalue weighted by Gasteiger charge is 2.51. The van der Waals surface area contributed by atoms with Crippen LogP contribution in [-0.2, 0) is 14.9 Å². The van der Waals surface area contributed by atoms with Crippen LogP contribution in [0.5, 0.6) is 5.75 Å². The second-order valence-electron chi connectivity index (χ2n) is 15.3. The minimum atomic E-state index is -0.200. The Morgan fingerprint density at radius 2 is 1.71 bits per heavy atom. The Morgan fingerprint density at radius 3 is 2.31 bits per heavy atom. The lowest BCUT2D eigenvalue weighted by molar-refractivity contribution is -0.124. The van der Waals surface area contributed by atoms with Crippen molar-refractivity contribution in [1.29, 1.82) is 0 Å². The smallest absolute Gasteiger partial charge is 0.410 e. The van der Waals surface area contributed by atoms with Gasteiger partial charge in [0.1, 0.15) is 17.7 Å². The lowest BCUT2D eigenvalue weighted by atomic mass is 9.51. The van der Waals surface area contributed by atoms with Crippen molar-refractivity contribution in [2.75, 3.05) is 31.6 Å². The van der Waals surface area contributed by atoms with Crippen molar-refractivity contribution >= 4 is 17.8 Å². The first kappa shape index (κ1) is 32.7. The van der Waals surface area contributed by atoms with Gasteiger partial charge in [0, 0.05) is 49.6 Å². The van der Waals surface area contributed by atoms with E-state index in [1.807, 2.05) is 28.0 Å². The number of rotatable bonds is 9. The molecule has 5 aliphatic rings. The highest BCUT2D eigenvalue weighted by molar-refractivity contribution is 5.95. The van der Waals surface area contributed by atoms with E-state index in [4.69, 9.17) is 14.5 Å². The van der Waals surface area contributed by atoms with E-state index in [0.717, 1.165) is 106 Å². The topological polar surface area (TPSA) is 89.8 Å². The van der Waals surface area contributed by atoms with Crippen LogP contribution in [0, 0.1) is 18.3 Å². The van der Waals surface area contributed by atoms with E-state index in [0.29, 0.717) is 6.54 Å². The third-order valence-electron chi connectivity index (χ3n) is 12.1. The summed E-state index contributed by atoms with van der Waals surface area (Å²) in [7, 11) is 1.74. The Labute approximate surface area is 285 Å². The number of fused-ring (bicyclic) bond motifs is 3. The van der Waals surface area contributed by atoms with Gasteiger partial charge in [-0.3, -0.25) is 14.4 Å². The molecule has 9 heteroatoms. The summed E-state index contributed by atoms with van der Waals surface area (Å²) in [6, 6.07) is 11.1. The number of hydrogen-bond acceptors (Lipinski definition) is 6. The maximum Gasteiger partial charge on any atom is 0.410 e. The number of aryl methyl sites for hydroxylation is 1. The van der Waals surface area contributed by atoms with Gasteiger partial charge in [-0.05, 0) is 137 Å². The first-order valence-corrected chi connectivity index (χ1v) is 18.1. The van der Waals surface area contributed by atoms with Gasteiger partial charge in [0.25, 0.3) is 0 Å². The molecule has 0 N–H and O–H groups in total. The molecule has 4 saturated carbocycles. The van der Waals surface area contributed by atoms with Crippen molar-refractivity contribution in [3.63, 3.8) is 0 Å². The number of anilines is 1. The van der Waals surface area contributed by atoms with Gasteiger partial charge in [-0.2, -0.15) is 5.10 Å². The summed E-state index contributed by atoms with van der Waals surface area (Å²) >= 11 is 0. The van der Waals surface area contributed by atoms with Crippen molar-refractivity contribution in [1.82, 2.24) is 19.7 Å². The Morgan fingerprint density at radius 1 is 0.979 bits per heavy atom. The summed E-state index contributed by atoms with van der Waals surface area (Å²) < 4.78 is 13.3. The quantitative estimate of drug-likeness (QED) is 0.234. The monoisotopic (exact) mass is 653 g/mol. The van der Waals surface area contributed by atoms with Gasteiger partial charge in [-0.1, -0.05) is 12.1 Å². The molecule has 1 aromatic carbocycles. The molecule has 8 rings (SSSR count). The fraction of sp³-hybridized carbons (Fsp3) is 0.590. The summed E-state index contributed by atoms with van der Waals surface area (Å²) in [6.45, 7) is 8.64. The number of amides is 2. The van der Waals surface area contributed by atoms with Crippen molar-refractivity contribution in [3.05, 3.63) is 60.0 Å². The summed E-state index contributed by atoms with van der Waals surface area (Å²) in [5.74, 6) is 1.72. The van der Waals surface area contributed by atoms with Crippen molar-refractivity contribution < 1.29 is 19.1 Å². The number of benzene rings is 1. The normalized spacial score (nSPS) is 26.6. The molecule has 3 heterocycles. The molecule has 9 nitrogen and oxygen atoms in total. The fourth-order valence-electron chi connectivity index (χ4n) is 8.63. The molecule has 2 amide bonds. The molecule has 4 aliphatic carbocycles. The molecular weight excluding hydrogens is 602 g/mol. The number of hydrogen-bond donors (Lipinski definition) is 0. The van der Waals surface area contributed by atoms with Crippen molar-refractivity contribution in [2.45, 2.75) is 109 Å². The highest BCUT2D eigenvalue weighted by Crippen LogP contribution is 2.58. The molecule has 256 valence electrons. The molecule has 2 bridgehead atoms. The van der Waals surface area contributed by atoms with Gasteiger partial charge in [0.15, 0.2) is 0 Å². The number of carbonyl (C=O) groups is 2. The Kier molecular flexibility index (Phi) is 8.98. The van der Waals surface area contributed by atoms with Crippen LogP contribution in [-0.4, -0.2) is 64.5 Å². The van der Waals surface area contributed by atoms with Crippen LogP contribution in [0.25, 0.3) is 11.1 Å². The number of likely N-dealkylation sites (tertiary alicyclic amines) is 1. The van der Waals surface area contributed by atoms with Crippen molar-refractivity contribution in [2.24, 2.45) is 11.3 Å². The maximum absolute atomic E-state index is 14.6. The lowest BCUT2D eigenvalue weighted by Gasteiger charge is -2.55. The number of carbonyl (C=O) groups excluding carboxylic acids is 2. The molecule has 3 aromatic rings. The van der Waals surface area contributed by atoms with Gasteiger partial charge >= 0.3 is 6.09 Å². The second-order valence-corrected chi connectivity index (χ2v) is 15.3. The van der Waals surface area contributed by atoms with Crippen molar-refractivity contribution in [3.8, 4) is 16.9 Å². The summed E-state index contributed by atoms with van der Waals surface area (Å²) in [4.78, 5) is 35.7. The van der Waals surface area contributed by atoms with Gasteiger partial charge in [-0.15, -0.1) is 0 Å². The van der Waals surface area contributed by atoms with Crippen LogP contribution in [0.15, 0.2) is 48.9 Å². The van der Waals surface area contributed by atoms with Crippen LogP contribution < -0.4 is 9.64 Å². The zero-order valence-electron chi connectivity index (χ0n) is 29.1. The van der Waals surface area contributed by atoms with E-state index in [1.54, 1.807) is 12.0 Å². The predicted octanol–water partition coefficient (Wildman–Crippen LogP) is 7.87. The molecular formula is C39H51N5O4. The second kappa shape index (κ2) is 13.2. The van der Waals surface area contributed by atoms with Crippen LogP contribution in [0.4, 0.5) is 10.6 Å². The molecule has 1 saturated heterocycles. The molecule has 5 fully saturated rings. The largest absolute Gasteiger partial charge is 0.496 e. The standard InChI is InChI=1S/C39H51N5O4/c1-27(2)44-25-31(24-41-44)30-12-19-40-35(23-30)43(36(45)29-6-9-33(10-7-29)48-37(46)42-20-5-21-42)26-38-13-16-39(17-14-38,18-15-38)32-8-11-34(47-4)28(3)22-32/h8,11-12,19,22-25,27,29,33H,5-7,9-10,13-18,20-21,26H2,1-4H3. The molecule has 2 aromatic heterocycles. The average Bonchev–Trinajstić information content (AvgIpc) is 3.59. The molecule has 48 heavy (non-hydrogen) atoms. The van der Waals surface area contributed by atoms with Crippen LogP contribution in [0.1, 0.15) is 102 Å². The molecule has 0 unspecified atom stereocenters. The van der Waals surface area contributed by atoms with E-state index in [1.165, 1.54) is 11.1 Å². The van der Waals surface area contributed by atoms with E-state index in [-0.39, 0.29) is 40.9 Å². The SMILES string of the molecule is COc1ccc(C23CCC(CN(C(=O)C4CCC(OC(=O)N5CCC5)CC4)c4cc(-c5cnn(C(C)C)c5)ccn4)(CC2)CC3)cc1C. The fourth-order valence-corrected chi connectivity index (χ4v) is 8.63. The van der Waals surface area contributed by atoms with E-state index >= 15 is 0 Å². The Hall–Kier alpha value is -3.88. The first-order valence-electron chi connectivity index (χ1n) is 18.1. The maximum atomic E-state index is 14.6. The molecule has 0 spiro atoms. The van der Waals surface area contributed by atoms with Gasteiger partial charge in [0.2, 0.25) is 5.91 Å². The Bertz CT molecular complexity index is 1610. The van der Waals surface area contributed by atoms with Crippen LogP contribution in [0.2, 0.25) is 0 Å². The summed E-state index contributed by atoms with van der Waals surface area (Å²) in [5.41, 5.74) is 4.95. The number of ether oxygens (including phenoxy) is 2. The number of nitrogens with zero attached hydrogens (tertiary/aromatic N) is 5. The number of methoxy groups -OCH3 is 1.